The lowest BCUT2D eigenvalue weighted by molar-refractivity contribution is 0.0799. The molecule has 1 atom stereocenters. The van der Waals surface area contributed by atoms with Gasteiger partial charge in [-0.05, 0) is 43.1 Å². The fourth-order valence-electron chi connectivity index (χ4n) is 5.86. The summed E-state index contributed by atoms with van der Waals surface area (Å²) in [5.41, 5.74) is 3.69. The number of nitrogens with zero attached hydrogens (tertiary/aromatic N) is 5. The number of benzene rings is 1. The smallest absolute Gasteiger partial charge is 0.277 e. The second-order valence-corrected chi connectivity index (χ2v) is 11.5. The van der Waals surface area contributed by atoms with Gasteiger partial charge in [-0.3, -0.25) is 4.90 Å². The molecule has 5 heterocycles. The van der Waals surface area contributed by atoms with Crippen molar-refractivity contribution in [2.24, 2.45) is 5.14 Å². The summed E-state index contributed by atoms with van der Waals surface area (Å²) in [6, 6.07) is 10.4. The molecule has 6 rings (SSSR count). The van der Waals surface area contributed by atoms with Crippen LogP contribution in [0.4, 0.5) is 5.82 Å². The number of hydrogen-bond donors (Lipinski definition) is 3. The highest BCUT2D eigenvalue weighted by Crippen LogP contribution is 2.33. The van der Waals surface area contributed by atoms with Crippen molar-refractivity contribution in [3.05, 3.63) is 42.2 Å². The highest BCUT2D eigenvalue weighted by Gasteiger charge is 2.37. The summed E-state index contributed by atoms with van der Waals surface area (Å²) < 4.78 is 31.8. The number of hydrogen-bond acceptors (Lipinski definition) is 8. The van der Waals surface area contributed by atoms with E-state index < -0.39 is 10.2 Å². The Morgan fingerprint density at radius 2 is 1.76 bits per heavy atom. The van der Waals surface area contributed by atoms with Crippen LogP contribution in [0.15, 0.2) is 36.7 Å². The quantitative estimate of drug-likeness (QED) is 0.450. The molecule has 1 unspecified atom stereocenters. The van der Waals surface area contributed by atoms with Gasteiger partial charge >= 0.3 is 0 Å². The number of anilines is 1. The van der Waals surface area contributed by atoms with E-state index in [0.717, 1.165) is 72.7 Å². The van der Waals surface area contributed by atoms with Crippen molar-refractivity contribution in [2.75, 3.05) is 63.9 Å². The monoisotopic (exact) mass is 526 g/mol. The number of H-pyrrole nitrogens is 1. The molecule has 4 N–H and O–H groups in total. The maximum atomic E-state index is 12.4. The molecule has 0 bridgehead atoms. The number of aromatic amines is 1. The van der Waals surface area contributed by atoms with Crippen LogP contribution in [-0.4, -0.2) is 97.6 Å². The van der Waals surface area contributed by atoms with E-state index in [1.54, 1.807) is 6.33 Å². The van der Waals surface area contributed by atoms with E-state index in [1.807, 2.05) is 24.3 Å². The van der Waals surface area contributed by atoms with Crippen molar-refractivity contribution in [3.8, 4) is 11.3 Å². The Hall–Kier alpha value is -2.61. The van der Waals surface area contributed by atoms with E-state index in [0.29, 0.717) is 38.9 Å². The first-order valence-electron chi connectivity index (χ1n) is 13.0. The molecule has 0 aliphatic carbocycles. The van der Waals surface area contributed by atoms with Gasteiger partial charge in [-0.15, -0.1) is 0 Å². The van der Waals surface area contributed by atoms with Gasteiger partial charge in [0, 0.05) is 44.5 Å². The standard InChI is InChI=1S/C25H34N8O3S/c26-37(34,35)33-10-9-32(20-5-7-27-8-6-20)16-23(33)19-3-1-18(2-4-19)22-15-21-24(30-22)28-17-29-25(21)31-11-13-36-14-12-31/h1-4,15,17,20,23,27H,5-14,16H2,(H2,26,34,35)(H,28,29,30). The molecular formula is C25H34N8O3S. The van der Waals surface area contributed by atoms with Crippen LogP contribution in [0.5, 0.6) is 0 Å². The first kappa shape index (κ1) is 24.7. The number of morpholine rings is 1. The van der Waals surface area contributed by atoms with Crippen molar-refractivity contribution < 1.29 is 13.2 Å². The van der Waals surface area contributed by atoms with Crippen molar-refractivity contribution in [1.82, 2.24) is 29.5 Å². The summed E-state index contributed by atoms with van der Waals surface area (Å²) >= 11 is 0. The Morgan fingerprint density at radius 1 is 1.00 bits per heavy atom. The molecule has 11 nitrogen and oxygen atoms in total. The fraction of sp³-hybridized carbons (Fsp3) is 0.520. The van der Waals surface area contributed by atoms with Crippen LogP contribution in [0.3, 0.4) is 0 Å². The van der Waals surface area contributed by atoms with Crippen molar-refractivity contribution in [2.45, 2.75) is 24.9 Å². The molecule has 12 heteroatoms. The van der Waals surface area contributed by atoms with Crippen LogP contribution in [0.25, 0.3) is 22.3 Å². The molecule has 37 heavy (non-hydrogen) atoms. The third-order valence-corrected chi connectivity index (χ3v) is 8.93. The molecule has 3 aliphatic rings. The zero-order valence-corrected chi connectivity index (χ0v) is 21.7. The number of nitrogens with one attached hydrogen (secondary N) is 2. The normalized spacial score (nSPS) is 23.1. The summed E-state index contributed by atoms with van der Waals surface area (Å²) in [4.78, 5) is 17.1. The lowest BCUT2D eigenvalue weighted by Gasteiger charge is -2.44. The molecule has 0 radical (unpaired) electrons. The molecule has 1 aromatic carbocycles. The maximum Gasteiger partial charge on any atom is 0.277 e. The minimum atomic E-state index is -3.81. The predicted octanol–water partition coefficient (Wildman–Crippen LogP) is 1.08. The summed E-state index contributed by atoms with van der Waals surface area (Å²) in [5, 5.41) is 10.0. The van der Waals surface area contributed by atoms with Crippen LogP contribution in [-0.2, 0) is 14.9 Å². The Balaban J connectivity index is 1.27. The molecule has 3 fully saturated rings. The Bertz CT molecular complexity index is 1330. The number of fused-ring (bicyclic) bond motifs is 1. The first-order chi connectivity index (χ1) is 18.0. The maximum absolute atomic E-state index is 12.4. The Kier molecular flexibility index (Phi) is 6.86. The van der Waals surface area contributed by atoms with Crippen LogP contribution >= 0.6 is 0 Å². The molecule has 0 spiro atoms. The zero-order chi connectivity index (χ0) is 25.4. The van der Waals surface area contributed by atoms with Gasteiger partial charge in [0.05, 0.1) is 24.6 Å². The predicted molar refractivity (Wildman–Crippen MR) is 142 cm³/mol. The van der Waals surface area contributed by atoms with Gasteiger partial charge in [0.15, 0.2) is 0 Å². The van der Waals surface area contributed by atoms with Crippen LogP contribution < -0.4 is 15.4 Å². The van der Waals surface area contributed by atoms with Crippen molar-refractivity contribution >= 4 is 27.1 Å². The summed E-state index contributed by atoms with van der Waals surface area (Å²) in [7, 11) is -3.81. The third kappa shape index (κ3) is 5.09. The first-order valence-corrected chi connectivity index (χ1v) is 14.5. The number of piperidine rings is 1. The largest absolute Gasteiger partial charge is 0.378 e. The van der Waals surface area contributed by atoms with E-state index in [4.69, 9.17) is 9.88 Å². The molecule has 3 aliphatic heterocycles. The molecule has 2 aromatic heterocycles. The van der Waals surface area contributed by atoms with Crippen LogP contribution in [0.2, 0.25) is 0 Å². The van der Waals surface area contributed by atoms with Gasteiger partial charge < -0.3 is 19.9 Å². The molecule has 198 valence electrons. The minimum Gasteiger partial charge on any atom is -0.378 e. The second-order valence-electron chi connectivity index (χ2n) is 10.0. The van der Waals surface area contributed by atoms with Crippen LogP contribution in [0, 0.1) is 0 Å². The summed E-state index contributed by atoms with van der Waals surface area (Å²) in [6.07, 6.45) is 3.75. The van der Waals surface area contributed by atoms with Gasteiger partial charge in [0.2, 0.25) is 0 Å². The van der Waals surface area contributed by atoms with E-state index in [9.17, 15) is 8.42 Å². The fourth-order valence-corrected chi connectivity index (χ4v) is 6.74. The van der Waals surface area contributed by atoms with E-state index in [1.165, 1.54) is 4.31 Å². The van der Waals surface area contributed by atoms with Gasteiger partial charge in [0.25, 0.3) is 10.2 Å². The van der Waals surface area contributed by atoms with E-state index in [2.05, 4.69) is 36.1 Å². The minimum absolute atomic E-state index is 0.311. The average Bonchev–Trinajstić information content (AvgIpc) is 3.38. The second kappa shape index (κ2) is 10.3. The van der Waals surface area contributed by atoms with Gasteiger partial charge in [-0.25, -0.2) is 15.1 Å². The lowest BCUT2D eigenvalue weighted by atomic mass is 9.98. The van der Waals surface area contributed by atoms with E-state index in [-0.39, 0.29) is 6.04 Å². The number of aromatic nitrogens is 3. The summed E-state index contributed by atoms with van der Waals surface area (Å²) in [5.74, 6) is 0.913. The molecule has 0 saturated carbocycles. The number of rotatable bonds is 5. The highest BCUT2D eigenvalue weighted by molar-refractivity contribution is 7.86. The Morgan fingerprint density at radius 3 is 2.49 bits per heavy atom. The number of nitrogens with two attached hydrogens (primary N) is 1. The summed E-state index contributed by atoms with van der Waals surface area (Å²) in [6.45, 7) is 6.74. The molecule has 0 amide bonds. The topological polar surface area (TPSA) is 133 Å². The number of piperazine rings is 1. The van der Waals surface area contributed by atoms with Crippen molar-refractivity contribution in [1.29, 1.82) is 0 Å². The van der Waals surface area contributed by atoms with Gasteiger partial charge in [0.1, 0.15) is 17.8 Å². The molecular weight excluding hydrogens is 492 g/mol. The Labute approximate surface area is 217 Å². The zero-order valence-electron chi connectivity index (χ0n) is 20.8. The average molecular weight is 527 g/mol. The molecule has 3 aromatic rings. The van der Waals surface area contributed by atoms with Gasteiger partial charge in [-0.2, -0.15) is 12.7 Å². The molecule has 3 saturated heterocycles. The lowest BCUT2D eigenvalue weighted by Crippen LogP contribution is -2.56. The van der Waals surface area contributed by atoms with Crippen LogP contribution in [0.1, 0.15) is 24.4 Å². The third-order valence-electron chi connectivity index (χ3n) is 7.84. The SMILES string of the molecule is NS(=O)(=O)N1CCN(C2CCNCC2)CC1c1ccc(-c2cc3c(N4CCOCC4)ncnc3[nH]2)cc1. The number of ether oxygens (including phenoxy) is 1. The van der Waals surface area contributed by atoms with E-state index >= 15 is 0 Å². The highest BCUT2D eigenvalue weighted by atomic mass is 32.2. The van der Waals surface area contributed by atoms with Crippen molar-refractivity contribution in [3.63, 3.8) is 0 Å². The van der Waals surface area contributed by atoms with Gasteiger partial charge in [-0.1, -0.05) is 24.3 Å².